The molecule has 0 N–H and O–H groups in total. The molecule has 3 rings (SSSR count). The normalized spacial score (nSPS) is 11.6. The summed E-state index contributed by atoms with van der Waals surface area (Å²) in [6, 6.07) is 31.2. The van der Waals surface area contributed by atoms with Crippen molar-refractivity contribution < 1.29 is 4.74 Å². The van der Waals surface area contributed by atoms with Gasteiger partial charge in [0.2, 0.25) is 0 Å². The monoisotopic (exact) mass is 513 g/mol. The van der Waals surface area contributed by atoms with Crippen molar-refractivity contribution in [1.82, 2.24) is 0 Å². The Labute approximate surface area is 214 Å². The lowest BCUT2D eigenvalue weighted by Crippen LogP contribution is -2.11. The number of hydrogen-bond acceptors (Lipinski definition) is 6. The minimum atomic E-state index is 0.290. The highest BCUT2D eigenvalue weighted by atomic mass is 33.1. The topological polar surface area (TPSA) is 21.6 Å². The van der Waals surface area contributed by atoms with E-state index in [2.05, 4.69) is 67.6 Å². The molecule has 3 aromatic rings. The molecule has 0 aliphatic rings. The smallest absolute Gasteiger partial charge is 0.190 e. The van der Waals surface area contributed by atoms with Crippen LogP contribution in [0.1, 0.15) is 39.0 Å². The van der Waals surface area contributed by atoms with E-state index in [-0.39, 0.29) is 0 Å². The molecule has 6 heteroatoms. The molecule has 33 heavy (non-hydrogen) atoms. The van der Waals surface area contributed by atoms with E-state index in [1.165, 1.54) is 29.1 Å². The highest BCUT2D eigenvalue weighted by Crippen LogP contribution is 2.47. The van der Waals surface area contributed by atoms with Gasteiger partial charge in [0, 0.05) is 16.2 Å². The zero-order chi connectivity index (χ0) is 23.0. The number of rotatable bonds is 14. The average Bonchev–Trinajstić information content (AvgIpc) is 2.87. The van der Waals surface area contributed by atoms with Crippen LogP contribution in [0.3, 0.4) is 0 Å². The molecule has 0 unspecified atom stereocenters. The number of hydrogen-bond donors (Lipinski definition) is 0. The van der Waals surface area contributed by atoms with Gasteiger partial charge >= 0.3 is 0 Å². The van der Waals surface area contributed by atoms with Gasteiger partial charge in [0.25, 0.3) is 0 Å². The molecule has 0 amide bonds. The maximum atomic E-state index is 6.23. The first kappa shape index (κ1) is 26.1. The summed E-state index contributed by atoms with van der Waals surface area (Å²) in [6.45, 7) is 2.96. The van der Waals surface area contributed by atoms with E-state index >= 15 is 0 Å². The fourth-order valence-corrected chi connectivity index (χ4v) is 8.67. The Hall–Kier alpha value is -1.47. The molecule has 0 bridgehead atoms. The lowest BCUT2D eigenvalue weighted by atomic mass is 10.2. The van der Waals surface area contributed by atoms with E-state index in [0.29, 0.717) is 4.58 Å². The Kier molecular flexibility index (Phi) is 12.8. The van der Waals surface area contributed by atoms with Gasteiger partial charge in [0.15, 0.2) is 5.90 Å². The van der Waals surface area contributed by atoms with E-state index in [4.69, 9.17) is 9.73 Å². The van der Waals surface area contributed by atoms with Crippen molar-refractivity contribution >= 4 is 54.8 Å². The molecule has 174 valence electrons. The highest BCUT2D eigenvalue weighted by molar-refractivity contribution is 8.85. The van der Waals surface area contributed by atoms with Crippen LogP contribution in [0, 0.1) is 0 Å². The van der Waals surface area contributed by atoms with Gasteiger partial charge in [-0.15, -0.1) is 0 Å². The van der Waals surface area contributed by atoms with Crippen molar-refractivity contribution in [1.29, 1.82) is 0 Å². The highest BCUT2D eigenvalue weighted by Gasteiger charge is 2.17. The van der Waals surface area contributed by atoms with Crippen molar-refractivity contribution in [2.75, 3.05) is 6.61 Å². The molecule has 2 nitrogen and oxygen atoms in total. The maximum absolute atomic E-state index is 6.23. The molecule has 0 fully saturated rings. The molecule has 0 saturated heterocycles. The minimum Gasteiger partial charge on any atom is -0.481 e. The predicted molar refractivity (Wildman–Crippen MR) is 152 cm³/mol. The molecular weight excluding hydrogens is 483 g/mol. The third-order valence-corrected chi connectivity index (χ3v) is 10.9. The first-order valence-corrected chi connectivity index (χ1v) is 15.8. The van der Waals surface area contributed by atoms with Gasteiger partial charge in [-0.3, -0.25) is 0 Å². The second-order valence-electron chi connectivity index (χ2n) is 7.37. The van der Waals surface area contributed by atoms with Crippen molar-refractivity contribution in [3.8, 4) is 0 Å². The Morgan fingerprint density at radius 1 is 0.727 bits per heavy atom. The number of aliphatic imine (C=N–C) groups is 1. The van der Waals surface area contributed by atoms with Gasteiger partial charge < -0.3 is 4.74 Å². The number of benzene rings is 3. The second kappa shape index (κ2) is 16.2. The summed E-state index contributed by atoms with van der Waals surface area (Å²) in [7, 11) is 7.39. The fraction of sp³-hybridized carbons (Fsp3) is 0.296. The molecule has 0 aromatic heterocycles. The van der Waals surface area contributed by atoms with Crippen molar-refractivity contribution in [3.05, 3.63) is 91.0 Å². The van der Waals surface area contributed by atoms with E-state index in [0.717, 1.165) is 31.0 Å². The fourth-order valence-electron chi connectivity index (χ4n) is 2.90. The van der Waals surface area contributed by atoms with Gasteiger partial charge in [-0.05, 0) is 42.8 Å². The average molecular weight is 514 g/mol. The zero-order valence-corrected chi connectivity index (χ0v) is 22.2. The van der Waals surface area contributed by atoms with Crippen molar-refractivity contribution in [3.63, 3.8) is 0 Å². The molecular formula is C27H31NOS4. The van der Waals surface area contributed by atoms with Crippen LogP contribution in [0.2, 0.25) is 0 Å². The second-order valence-corrected chi connectivity index (χ2v) is 12.6. The van der Waals surface area contributed by atoms with E-state index in [1.807, 2.05) is 73.5 Å². The number of nitrogens with zero attached hydrogens (tertiary/aromatic N) is 1. The Morgan fingerprint density at radius 2 is 1.27 bits per heavy atom. The van der Waals surface area contributed by atoms with Crippen LogP contribution in [0.5, 0.6) is 0 Å². The zero-order valence-electron chi connectivity index (χ0n) is 19.0. The van der Waals surface area contributed by atoms with Gasteiger partial charge in [0.05, 0.1) is 16.9 Å². The third kappa shape index (κ3) is 11.0. The maximum Gasteiger partial charge on any atom is 0.190 e. The van der Waals surface area contributed by atoms with Crippen molar-refractivity contribution in [2.24, 2.45) is 4.99 Å². The summed E-state index contributed by atoms with van der Waals surface area (Å²) in [6.07, 6.45) is 5.54. The largest absolute Gasteiger partial charge is 0.481 e. The van der Waals surface area contributed by atoms with Crippen LogP contribution >= 0.6 is 43.2 Å². The molecule has 0 radical (unpaired) electrons. The van der Waals surface area contributed by atoms with Crippen LogP contribution < -0.4 is 0 Å². The quantitative estimate of drug-likeness (QED) is 0.0701. The number of para-hydroxylation sites is 1. The van der Waals surface area contributed by atoms with Crippen molar-refractivity contribution in [2.45, 2.75) is 53.4 Å². The molecule has 0 aliphatic carbocycles. The standard InChI is InChI=1S/C27H31NOS4/c1-2-3-4-14-21-29-26(28-23-15-8-5-9-16-23)22-27(32-30-24-17-10-6-11-18-24)33-31-25-19-12-7-13-20-25/h5-13,15-20,27H,2-4,14,21-22H2,1H3/b28-26-. The first-order valence-electron chi connectivity index (χ1n) is 11.4. The summed E-state index contributed by atoms with van der Waals surface area (Å²) in [5.74, 6) is 0.824. The summed E-state index contributed by atoms with van der Waals surface area (Å²) in [5, 5.41) is 0. The summed E-state index contributed by atoms with van der Waals surface area (Å²) in [5.41, 5.74) is 0.946. The lowest BCUT2D eigenvalue weighted by Gasteiger charge is -2.17. The molecule has 0 aliphatic heterocycles. The van der Waals surface area contributed by atoms with E-state index < -0.39 is 0 Å². The first-order chi connectivity index (χ1) is 16.3. The minimum absolute atomic E-state index is 0.290. The molecule has 0 saturated carbocycles. The van der Waals surface area contributed by atoms with Crippen LogP contribution in [0.4, 0.5) is 5.69 Å². The van der Waals surface area contributed by atoms with Crippen LogP contribution in [-0.4, -0.2) is 17.1 Å². The van der Waals surface area contributed by atoms with E-state index in [9.17, 15) is 0 Å². The number of unbranched alkanes of at least 4 members (excludes halogenated alkanes) is 3. The van der Waals surface area contributed by atoms with Gasteiger partial charge in [-0.1, -0.05) is 124 Å². The molecule has 0 heterocycles. The molecule has 0 spiro atoms. The van der Waals surface area contributed by atoms with Gasteiger partial charge in [-0.2, -0.15) is 0 Å². The molecule has 3 aromatic carbocycles. The summed E-state index contributed by atoms with van der Waals surface area (Å²) < 4.78 is 6.52. The van der Waals surface area contributed by atoms with Crippen LogP contribution in [0.25, 0.3) is 0 Å². The lowest BCUT2D eigenvalue weighted by molar-refractivity contribution is 0.285. The van der Waals surface area contributed by atoms with Crippen LogP contribution in [-0.2, 0) is 4.74 Å². The third-order valence-electron chi connectivity index (χ3n) is 4.61. The number of ether oxygens (including phenoxy) is 1. The predicted octanol–water partition coefficient (Wildman–Crippen LogP) is 9.91. The van der Waals surface area contributed by atoms with Crippen LogP contribution in [0.15, 0.2) is 106 Å². The summed E-state index contributed by atoms with van der Waals surface area (Å²) in [4.78, 5) is 7.40. The molecule has 0 atom stereocenters. The summed E-state index contributed by atoms with van der Waals surface area (Å²) >= 11 is 0. The Bertz CT molecular complexity index is 879. The SMILES string of the molecule is CCCCCCO/C(CC(SSc1ccccc1)SSc1ccccc1)=N\c1ccccc1. The van der Waals surface area contributed by atoms with Gasteiger partial charge in [0.1, 0.15) is 0 Å². The Balaban J connectivity index is 1.68. The van der Waals surface area contributed by atoms with Gasteiger partial charge in [-0.25, -0.2) is 4.99 Å². The van der Waals surface area contributed by atoms with E-state index in [1.54, 1.807) is 0 Å². The Morgan fingerprint density at radius 3 is 1.82 bits per heavy atom.